The molecule has 0 aliphatic heterocycles. The highest BCUT2D eigenvalue weighted by Crippen LogP contribution is 2.40. The Morgan fingerprint density at radius 3 is 2.11 bits per heavy atom. The van der Waals surface area contributed by atoms with Crippen molar-refractivity contribution in [3.8, 4) is 5.75 Å². The molecule has 5 nitrogen and oxygen atoms in total. The summed E-state index contributed by atoms with van der Waals surface area (Å²) in [6, 6.07) is 7.50. The molecule has 2 aromatic rings. The van der Waals surface area contributed by atoms with Crippen LogP contribution in [0.2, 0.25) is 5.02 Å². The van der Waals surface area contributed by atoms with Gasteiger partial charge < -0.3 is 9.84 Å². The molecule has 0 saturated heterocycles. The van der Waals surface area contributed by atoms with Gasteiger partial charge in [-0.2, -0.15) is 13.2 Å². The minimum Gasteiger partial charge on any atom is -0.478 e. The zero-order valence-electron chi connectivity index (χ0n) is 14.0. The Hall–Kier alpha value is -2.26. The maximum Gasteiger partial charge on any atom is 0.420 e. The van der Waals surface area contributed by atoms with Gasteiger partial charge in [0.05, 0.1) is 10.5 Å². The molecule has 1 atom stereocenters. The SMILES string of the molecule is CC(Oc1ccc(S(C)(=O)=O)cc1C(F)(F)F)(C(=O)O)c1ccc(Cl)cc1. The zero-order valence-corrected chi connectivity index (χ0v) is 15.6. The lowest BCUT2D eigenvalue weighted by Gasteiger charge is -2.28. The smallest absolute Gasteiger partial charge is 0.420 e. The second-order valence-electron chi connectivity index (χ2n) is 5.88. The molecule has 2 rings (SSSR count). The number of rotatable bonds is 5. The van der Waals surface area contributed by atoms with Crippen molar-refractivity contribution in [2.24, 2.45) is 0 Å². The zero-order chi connectivity index (χ0) is 20.6. The molecule has 0 amide bonds. The lowest BCUT2D eigenvalue weighted by molar-refractivity contribution is -0.157. The van der Waals surface area contributed by atoms with Crippen LogP contribution < -0.4 is 4.74 Å². The lowest BCUT2D eigenvalue weighted by Crippen LogP contribution is -2.39. The summed E-state index contributed by atoms with van der Waals surface area (Å²) < 4.78 is 68.6. The molecular weight excluding hydrogens is 409 g/mol. The van der Waals surface area contributed by atoms with Gasteiger partial charge in [-0.3, -0.25) is 0 Å². The van der Waals surface area contributed by atoms with E-state index in [2.05, 4.69) is 0 Å². The molecule has 0 fully saturated rings. The van der Waals surface area contributed by atoms with Crippen molar-refractivity contribution in [1.29, 1.82) is 0 Å². The van der Waals surface area contributed by atoms with E-state index in [1.165, 1.54) is 24.3 Å². The number of sulfone groups is 1. The number of carbonyl (C=O) groups is 1. The van der Waals surface area contributed by atoms with Gasteiger partial charge in [-0.25, -0.2) is 13.2 Å². The molecule has 0 aromatic heterocycles. The highest BCUT2D eigenvalue weighted by atomic mass is 35.5. The summed E-state index contributed by atoms with van der Waals surface area (Å²) in [6.07, 6.45) is -4.20. The van der Waals surface area contributed by atoms with E-state index in [0.717, 1.165) is 25.3 Å². The number of carboxylic acid groups (broad SMARTS) is 1. The van der Waals surface area contributed by atoms with Crippen LogP contribution in [0.3, 0.4) is 0 Å². The predicted molar refractivity (Wildman–Crippen MR) is 91.6 cm³/mol. The molecule has 0 heterocycles. The second-order valence-corrected chi connectivity index (χ2v) is 8.33. The Balaban J connectivity index is 2.62. The first-order chi connectivity index (χ1) is 12.2. The number of halogens is 4. The highest BCUT2D eigenvalue weighted by Gasteiger charge is 2.42. The first kappa shape index (κ1) is 21.0. The largest absolute Gasteiger partial charge is 0.478 e. The first-order valence-electron chi connectivity index (χ1n) is 7.35. The van der Waals surface area contributed by atoms with E-state index in [4.69, 9.17) is 16.3 Å². The fraction of sp³-hybridized carbons (Fsp3) is 0.235. The third-order valence-electron chi connectivity index (χ3n) is 3.80. The van der Waals surface area contributed by atoms with Gasteiger partial charge in [-0.05, 0) is 37.3 Å². The van der Waals surface area contributed by atoms with E-state index in [1.807, 2.05) is 0 Å². The van der Waals surface area contributed by atoms with Crippen molar-refractivity contribution < 1.29 is 36.2 Å². The Labute approximate surface area is 158 Å². The maximum absolute atomic E-state index is 13.4. The van der Waals surface area contributed by atoms with E-state index >= 15 is 0 Å². The van der Waals surface area contributed by atoms with Crippen molar-refractivity contribution in [2.75, 3.05) is 6.26 Å². The number of carboxylic acids is 1. The average molecular weight is 423 g/mol. The summed E-state index contributed by atoms with van der Waals surface area (Å²) in [4.78, 5) is 11.2. The van der Waals surface area contributed by atoms with Crippen LogP contribution in [0.25, 0.3) is 0 Å². The lowest BCUT2D eigenvalue weighted by atomic mass is 9.95. The molecule has 1 N–H and O–H groups in total. The summed E-state index contributed by atoms with van der Waals surface area (Å²) in [5, 5.41) is 9.86. The average Bonchev–Trinajstić information content (AvgIpc) is 2.53. The number of hydrogen-bond acceptors (Lipinski definition) is 4. The summed E-state index contributed by atoms with van der Waals surface area (Å²) in [5.41, 5.74) is -3.51. The topological polar surface area (TPSA) is 80.7 Å². The molecule has 27 heavy (non-hydrogen) atoms. The Morgan fingerprint density at radius 1 is 1.11 bits per heavy atom. The predicted octanol–water partition coefficient (Wildman–Crippen LogP) is 4.14. The van der Waals surface area contributed by atoms with E-state index < -0.39 is 43.8 Å². The summed E-state index contributed by atoms with van der Waals surface area (Å²) in [5.74, 6) is -2.35. The minimum atomic E-state index is -4.96. The monoisotopic (exact) mass is 422 g/mol. The van der Waals surface area contributed by atoms with Crippen molar-refractivity contribution in [2.45, 2.75) is 23.6 Å². The normalized spacial score (nSPS) is 14.4. The van der Waals surface area contributed by atoms with Gasteiger partial charge in [0.25, 0.3) is 0 Å². The van der Waals surface area contributed by atoms with Gasteiger partial charge in [0.15, 0.2) is 9.84 Å². The molecular formula is C17H14ClF3O5S. The fourth-order valence-electron chi connectivity index (χ4n) is 2.26. The molecule has 0 aliphatic rings. The Kier molecular flexibility index (Phi) is 5.49. The molecule has 0 bridgehead atoms. The third kappa shape index (κ3) is 4.54. The van der Waals surface area contributed by atoms with E-state index in [1.54, 1.807) is 0 Å². The van der Waals surface area contributed by atoms with Crippen LogP contribution in [0.1, 0.15) is 18.1 Å². The minimum absolute atomic E-state index is 0.0553. The number of hydrogen-bond donors (Lipinski definition) is 1. The van der Waals surface area contributed by atoms with Gasteiger partial charge >= 0.3 is 12.1 Å². The molecule has 0 aliphatic carbocycles. The van der Waals surface area contributed by atoms with Gasteiger partial charge in [-0.15, -0.1) is 0 Å². The summed E-state index contributed by atoms with van der Waals surface area (Å²) in [6.45, 7) is 1.09. The second kappa shape index (κ2) is 7.05. The number of aliphatic carboxylic acids is 1. The van der Waals surface area contributed by atoms with Crippen LogP contribution in [0.15, 0.2) is 47.4 Å². The fourth-order valence-corrected chi connectivity index (χ4v) is 3.04. The summed E-state index contributed by atoms with van der Waals surface area (Å²) >= 11 is 5.75. The molecule has 0 spiro atoms. The molecule has 0 radical (unpaired) electrons. The molecule has 10 heteroatoms. The van der Waals surface area contributed by atoms with Gasteiger partial charge in [0.2, 0.25) is 5.60 Å². The highest BCUT2D eigenvalue weighted by molar-refractivity contribution is 7.90. The maximum atomic E-state index is 13.4. The van der Waals surface area contributed by atoms with Crippen molar-refractivity contribution in [1.82, 2.24) is 0 Å². The van der Waals surface area contributed by atoms with Gasteiger partial charge in [0.1, 0.15) is 5.75 Å². The van der Waals surface area contributed by atoms with Crippen molar-refractivity contribution in [3.05, 3.63) is 58.6 Å². The van der Waals surface area contributed by atoms with Crippen LogP contribution in [0, 0.1) is 0 Å². The van der Waals surface area contributed by atoms with Crippen molar-refractivity contribution >= 4 is 27.4 Å². The van der Waals surface area contributed by atoms with Crippen LogP contribution in [-0.4, -0.2) is 25.7 Å². The van der Waals surface area contributed by atoms with Gasteiger partial charge in [-0.1, -0.05) is 23.7 Å². The number of benzene rings is 2. The molecule has 1 unspecified atom stereocenters. The van der Waals surface area contributed by atoms with Crippen LogP contribution >= 0.6 is 11.6 Å². The van der Waals surface area contributed by atoms with E-state index in [9.17, 15) is 31.5 Å². The van der Waals surface area contributed by atoms with E-state index in [-0.39, 0.29) is 5.56 Å². The number of alkyl halides is 3. The van der Waals surface area contributed by atoms with Crippen LogP contribution in [0.4, 0.5) is 13.2 Å². The van der Waals surface area contributed by atoms with Crippen LogP contribution in [-0.2, 0) is 26.4 Å². The quantitative estimate of drug-likeness (QED) is 0.783. The first-order valence-corrected chi connectivity index (χ1v) is 9.62. The standard InChI is InChI=1S/C17H14ClF3O5S/c1-16(15(22)23,10-3-5-11(18)6-4-10)26-14-8-7-12(27(2,24)25)9-13(14)17(19,20)21/h3-9H,1-2H3,(H,22,23). The summed E-state index contributed by atoms with van der Waals surface area (Å²) in [7, 11) is -3.91. The number of ether oxygens (including phenoxy) is 1. The molecule has 146 valence electrons. The van der Waals surface area contributed by atoms with Gasteiger partial charge in [0, 0.05) is 16.8 Å². The Bertz CT molecular complexity index is 971. The van der Waals surface area contributed by atoms with Crippen LogP contribution in [0.5, 0.6) is 5.75 Å². The third-order valence-corrected chi connectivity index (χ3v) is 5.16. The molecule has 0 saturated carbocycles. The van der Waals surface area contributed by atoms with E-state index in [0.29, 0.717) is 11.1 Å². The molecule has 2 aromatic carbocycles. The Morgan fingerprint density at radius 2 is 1.67 bits per heavy atom. The van der Waals surface area contributed by atoms with Crippen molar-refractivity contribution in [3.63, 3.8) is 0 Å².